The minimum absolute atomic E-state index is 0.0136. The molecule has 22 nitrogen and oxygen atoms in total. The van der Waals surface area contributed by atoms with Crippen molar-refractivity contribution in [3.05, 3.63) is 82.6 Å². The third kappa shape index (κ3) is 28.5. The van der Waals surface area contributed by atoms with Crippen molar-refractivity contribution in [1.82, 2.24) is 4.58 Å². The van der Waals surface area contributed by atoms with Crippen LogP contribution in [-0.4, -0.2) is 187 Å². The van der Waals surface area contributed by atoms with Crippen molar-refractivity contribution in [2.24, 2.45) is 0 Å². The third-order valence-electron chi connectivity index (χ3n) is 11.4. The fourth-order valence-corrected chi connectivity index (χ4v) is 9.03. The SMILES string of the molecule is CCc1cc(S(=O)(=O)O)ccc1N(CCCS(=O)(=O)O)C(=CC=Cc1cc(C(C)(C)C)oc2cc(=[N+](CCCS(=O)(=O)O)CCOCCOCCOCCOC)ccc1-2)CCCOCCOCCOCCOCCC(=O)O. The lowest BCUT2D eigenvalue weighted by Crippen LogP contribution is -2.35. The van der Waals surface area contributed by atoms with E-state index in [0.29, 0.717) is 134 Å². The van der Waals surface area contributed by atoms with E-state index in [-0.39, 0.29) is 57.1 Å². The number of fused-ring (bicyclic) bond motifs is 1. The van der Waals surface area contributed by atoms with Crippen molar-refractivity contribution in [3.63, 3.8) is 0 Å². The van der Waals surface area contributed by atoms with Gasteiger partial charge in [-0.3, -0.25) is 18.5 Å². The van der Waals surface area contributed by atoms with Crippen molar-refractivity contribution in [3.8, 4) is 11.3 Å². The summed E-state index contributed by atoms with van der Waals surface area (Å²) in [4.78, 5) is 12.2. The Kier molecular flexibility index (Phi) is 30.9. The van der Waals surface area contributed by atoms with E-state index in [1.54, 1.807) is 13.2 Å². The number of ether oxygens (including phenoxy) is 8. The Morgan fingerprint density at radius 2 is 1.22 bits per heavy atom. The lowest BCUT2D eigenvalue weighted by Gasteiger charge is -2.30. The molecule has 0 atom stereocenters. The largest absolute Gasteiger partial charge is 0.481 e. The Morgan fingerprint density at radius 3 is 1.77 bits per heavy atom. The van der Waals surface area contributed by atoms with Gasteiger partial charge in [0.1, 0.15) is 24.7 Å². The number of hydrogen-bond acceptors (Lipinski definition) is 17. The molecule has 25 heteroatoms. The van der Waals surface area contributed by atoms with E-state index < -0.39 is 53.2 Å². The summed E-state index contributed by atoms with van der Waals surface area (Å²) in [6.45, 7) is 13.6. The molecule has 1 aromatic rings. The predicted molar refractivity (Wildman–Crippen MR) is 290 cm³/mol. The predicted octanol–water partition coefficient (Wildman–Crippen LogP) is 5.24. The van der Waals surface area contributed by atoms with Crippen molar-refractivity contribution in [2.75, 3.05) is 142 Å². The molecule has 1 aromatic carbocycles. The lowest BCUT2D eigenvalue weighted by molar-refractivity contribution is -0.138. The quantitative estimate of drug-likeness (QED) is 0.0244. The average molecular weight is 1150 g/mol. The summed E-state index contributed by atoms with van der Waals surface area (Å²) in [7, 11) is -11.5. The minimum atomic E-state index is -4.55. The number of carboxylic acid groups (broad SMARTS) is 1. The molecule has 0 aromatic heterocycles. The maximum atomic E-state index is 12.2. The van der Waals surface area contributed by atoms with Crippen LogP contribution < -0.4 is 14.8 Å². The maximum absolute atomic E-state index is 12.2. The van der Waals surface area contributed by atoms with Gasteiger partial charge in [0.2, 0.25) is 5.36 Å². The van der Waals surface area contributed by atoms with Crippen LogP contribution in [0.2, 0.25) is 0 Å². The molecule has 1 heterocycles. The number of nitrogens with zero attached hydrogens (tertiary/aromatic N) is 2. The molecule has 1 aliphatic carbocycles. The first-order valence-corrected chi connectivity index (χ1v) is 30.2. The number of anilines is 1. The van der Waals surface area contributed by atoms with Gasteiger partial charge in [0.15, 0.2) is 6.54 Å². The van der Waals surface area contributed by atoms with Crippen LogP contribution in [0, 0.1) is 0 Å². The highest BCUT2D eigenvalue weighted by Crippen LogP contribution is 2.34. The summed E-state index contributed by atoms with van der Waals surface area (Å²) < 4.78 is 153. The van der Waals surface area contributed by atoms with Crippen molar-refractivity contribution in [1.29, 1.82) is 0 Å². The second-order valence-corrected chi connectivity index (χ2v) is 23.1. The number of aryl methyl sites for hydroxylation is 1. The van der Waals surface area contributed by atoms with Gasteiger partial charge >= 0.3 is 5.97 Å². The Hall–Kier alpha value is -4.19. The molecule has 3 rings (SSSR count). The third-order valence-corrected chi connectivity index (χ3v) is 13.9. The van der Waals surface area contributed by atoms with E-state index in [2.05, 4.69) is 0 Å². The van der Waals surface area contributed by atoms with Crippen molar-refractivity contribution >= 4 is 48.1 Å². The van der Waals surface area contributed by atoms with E-state index in [9.17, 15) is 43.7 Å². The molecular weight excluding hydrogens is 1070 g/mol. The van der Waals surface area contributed by atoms with Gasteiger partial charge in [-0.15, -0.1) is 0 Å². The highest BCUT2D eigenvalue weighted by Gasteiger charge is 2.23. The van der Waals surface area contributed by atoms with Gasteiger partial charge in [-0.2, -0.15) is 25.3 Å². The molecule has 4 N–H and O–H groups in total. The molecule has 2 aliphatic rings. The zero-order chi connectivity index (χ0) is 56.7. The van der Waals surface area contributed by atoms with E-state index >= 15 is 0 Å². The number of methoxy groups -OCH3 is 1. The van der Waals surface area contributed by atoms with Crippen LogP contribution >= 0.6 is 0 Å². The second kappa shape index (κ2) is 35.4. The zero-order valence-electron chi connectivity index (χ0n) is 45.1. The molecule has 0 saturated carbocycles. The molecule has 0 unspecified atom stereocenters. The van der Waals surface area contributed by atoms with Gasteiger partial charge < -0.3 is 52.3 Å². The Balaban J connectivity index is 1.98. The molecule has 1 aliphatic heterocycles. The summed E-state index contributed by atoms with van der Waals surface area (Å²) in [6, 6.07) is 11.9. The van der Waals surface area contributed by atoms with Gasteiger partial charge in [-0.05, 0) is 73.2 Å². The summed E-state index contributed by atoms with van der Waals surface area (Å²) in [5, 5.41) is 9.42. The standard InChI is InChI=1S/C52H80N2O20S3/c1-6-42-39-46(77(63,64)65)15-17-48(42)54(20-10-38-76(60,61)62)44(13-8-22-67-27-30-71-35-36-72-31-28-68-23-18-51(55)56)12-7-11-43-40-50(52(2,3)4)74-49-41-45(14-16-47(43)49)53(19-9-37-75(57,58)59)21-24-69-29-32-73-34-33-70-26-25-66-5/h7,11-12,14-17,39-41H,6,8-10,13,18-38H2,1-5H3,(H3-,55,56,57,58,59,60,61,62,63,64,65)/p+1. The minimum Gasteiger partial charge on any atom is -0.481 e. The van der Waals surface area contributed by atoms with E-state index in [1.807, 2.05) is 79.7 Å². The number of aliphatic carboxylic acids is 1. The Bertz CT molecular complexity index is 2660. The molecule has 436 valence electrons. The fourth-order valence-electron chi connectivity index (χ4n) is 7.51. The number of hydrogen-bond donors (Lipinski definition) is 4. The number of carbonyl (C=O) groups is 1. The van der Waals surface area contributed by atoms with Crippen LogP contribution in [0.5, 0.6) is 0 Å². The second-order valence-electron chi connectivity index (χ2n) is 18.6. The number of carboxylic acids is 1. The van der Waals surface area contributed by atoms with Crippen LogP contribution in [-0.2, 0) is 84.9 Å². The highest BCUT2D eigenvalue weighted by atomic mass is 32.2. The molecular formula is C52H81N2O20S3+. The smallest absolute Gasteiger partial charge is 0.305 e. The fraction of sp³-hybridized carbons (Fsp3) is 0.615. The maximum Gasteiger partial charge on any atom is 0.305 e. The van der Waals surface area contributed by atoms with Crippen molar-refractivity contribution < 1.29 is 91.1 Å². The Labute approximate surface area is 454 Å². The summed E-state index contributed by atoms with van der Waals surface area (Å²) in [5.41, 5.74) is 2.96. The van der Waals surface area contributed by atoms with E-state index in [4.69, 9.17) is 47.4 Å². The van der Waals surface area contributed by atoms with Gasteiger partial charge in [0.25, 0.3) is 30.4 Å². The lowest BCUT2D eigenvalue weighted by atomic mass is 9.90. The molecule has 0 bridgehead atoms. The highest BCUT2D eigenvalue weighted by molar-refractivity contribution is 7.86. The van der Waals surface area contributed by atoms with Crippen molar-refractivity contribution in [2.45, 2.75) is 76.5 Å². The number of rotatable bonds is 42. The van der Waals surface area contributed by atoms with E-state index in [0.717, 1.165) is 16.5 Å². The Morgan fingerprint density at radius 1 is 0.662 bits per heavy atom. The number of benzene rings is 2. The first-order chi connectivity index (χ1) is 36.5. The van der Waals surface area contributed by atoms with Crippen LogP contribution in [0.15, 0.2) is 69.6 Å². The molecule has 0 radical (unpaired) electrons. The van der Waals surface area contributed by atoms with Gasteiger partial charge in [0, 0.05) is 55.1 Å². The topological polar surface area (TPSA) is 294 Å². The molecule has 0 saturated heterocycles. The van der Waals surface area contributed by atoms with Gasteiger partial charge in [-0.25, -0.2) is 4.58 Å². The zero-order valence-corrected chi connectivity index (χ0v) is 47.5. The monoisotopic (exact) mass is 1150 g/mol. The van der Waals surface area contributed by atoms with Crippen LogP contribution in [0.25, 0.3) is 17.4 Å². The molecule has 0 spiro atoms. The van der Waals surface area contributed by atoms with Crippen LogP contribution in [0.4, 0.5) is 5.69 Å². The molecule has 0 fully saturated rings. The summed E-state index contributed by atoms with van der Waals surface area (Å²) in [5.74, 6) is -0.672. The molecule has 0 amide bonds. The average Bonchev–Trinajstić information content (AvgIpc) is 3.36. The van der Waals surface area contributed by atoms with Gasteiger partial charge in [-0.1, -0.05) is 39.8 Å². The first-order valence-electron chi connectivity index (χ1n) is 25.6. The molecule has 77 heavy (non-hydrogen) atoms. The normalized spacial score (nSPS) is 13.3. The van der Waals surface area contributed by atoms with Gasteiger partial charge in [0.05, 0.1) is 115 Å². The summed E-state index contributed by atoms with van der Waals surface area (Å²) >= 11 is 0. The summed E-state index contributed by atoms with van der Waals surface area (Å²) in [6.07, 6.45) is 6.99. The number of allylic oxidation sites excluding steroid dienone is 3. The van der Waals surface area contributed by atoms with Crippen LogP contribution in [0.1, 0.15) is 76.7 Å². The van der Waals surface area contributed by atoms with E-state index in [1.165, 1.54) is 12.1 Å². The van der Waals surface area contributed by atoms with Crippen LogP contribution in [0.3, 0.4) is 0 Å². The first kappa shape index (κ1) is 67.1.